The Labute approximate surface area is 97.7 Å². The third kappa shape index (κ3) is 4.49. The van der Waals surface area contributed by atoms with Crippen molar-refractivity contribution in [1.82, 2.24) is 0 Å². The van der Waals surface area contributed by atoms with E-state index in [0.717, 1.165) is 24.7 Å². The van der Waals surface area contributed by atoms with Crippen LogP contribution < -0.4 is 11.5 Å². The first kappa shape index (κ1) is 13.5. The van der Waals surface area contributed by atoms with Crippen molar-refractivity contribution >= 4 is 5.91 Å². The molecule has 0 heterocycles. The molecule has 3 atom stereocenters. The van der Waals surface area contributed by atoms with Gasteiger partial charge in [0, 0.05) is 6.61 Å². The van der Waals surface area contributed by atoms with Crippen molar-refractivity contribution in [3.63, 3.8) is 0 Å². The van der Waals surface area contributed by atoms with Gasteiger partial charge in [0.15, 0.2) is 0 Å². The van der Waals surface area contributed by atoms with Crippen LogP contribution in [0.2, 0.25) is 0 Å². The van der Waals surface area contributed by atoms with Crippen LogP contribution in [0, 0.1) is 11.8 Å². The van der Waals surface area contributed by atoms with E-state index in [1.54, 1.807) is 0 Å². The second-order valence-corrected chi connectivity index (χ2v) is 5.21. The van der Waals surface area contributed by atoms with E-state index in [1.165, 1.54) is 6.42 Å². The molecule has 0 aliphatic heterocycles. The lowest BCUT2D eigenvalue weighted by atomic mass is 9.82. The van der Waals surface area contributed by atoms with Crippen molar-refractivity contribution in [3.8, 4) is 0 Å². The zero-order valence-electron chi connectivity index (χ0n) is 10.3. The fourth-order valence-corrected chi connectivity index (χ4v) is 2.51. The summed E-state index contributed by atoms with van der Waals surface area (Å²) in [5.41, 5.74) is 10.6. The number of ether oxygens (including phenoxy) is 1. The number of hydrogen-bond donors (Lipinski definition) is 2. The lowest BCUT2D eigenvalue weighted by molar-refractivity contribution is -0.119. The van der Waals surface area contributed by atoms with Crippen LogP contribution in [0.3, 0.4) is 0 Å². The van der Waals surface area contributed by atoms with E-state index in [2.05, 4.69) is 13.8 Å². The average molecular weight is 228 g/mol. The van der Waals surface area contributed by atoms with Gasteiger partial charge in [-0.3, -0.25) is 4.79 Å². The van der Waals surface area contributed by atoms with Gasteiger partial charge in [0.25, 0.3) is 0 Å². The van der Waals surface area contributed by atoms with Gasteiger partial charge in [0.05, 0.1) is 12.1 Å². The Hall–Kier alpha value is -0.610. The van der Waals surface area contributed by atoms with Crippen molar-refractivity contribution < 1.29 is 9.53 Å². The van der Waals surface area contributed by atoms with Crippen molar-refractivity contribution in [1.29, 1.82) is 0 Å². The standard InChI is InChI=1S/C12H24N2O2/c1-8-5-9(2)7-10(6-8)16-4-3-11(13)12(14)15/h8-11H,3-7,13H2,1-2H3,(H2,14,15). The Kier molecular flexibility index (Phi) is 5.22. The summed E-state index contributed by atoms with van der Waals surface area (Å²) in [6, 6.07) is -0.571. The van der Waals surface area contributed by atoms with E-state index in [4.69, 9.17) is 16.2 Å². The number of rotatable bonds is 5. The lowest BCUT2D eigenvalue weighted by Gasteiger charge is -2.31. The van der Waals surface area contributed by atoms with Gasteiger partial charge in [0.1, 0.15) is 0 Å². The van der Waals surface area contributed by atoms with E-state index < -0.39 is 11.9 Å². The number of primary amides is 1. The first-order valence-corrected chi connectivity index (χ1v) is 6.15. The third-order valence-corrected chi connectivity index (χ3v) is 3.28. The fourth-order valence-electron chi connectivity index (χ4n) is 2.51. The highest BCUT2D eigenvalue weighted by atomic mass is 16.5. The van der Waals surface area contributed by atoms with E-state index in [0.29, 0.717) is 19.1 Å². The smallest absolute Gasteiger partial charge is 0.234 e. The van der Waals surface area contributed by atoms with Crippen molar-refractivity contribution in [3.05, 3.63) is 0 Å². The van der Waals surface area contributed by atoms with E-state index in [1.807, 2.05) is 0 Å². The normalized spacial score (nSPS) is 32.3. The number of carbonyl (C=O) groups excluding carboxylic acids is 1. The Morgan fingerprint density at radius 3 is 2.38 bits per heavy atom. The van der Waals surface area contributed by atoms with Crippen LogP contribution >= 0.6 is 0 Å². The molecule has 1 saturated carbocycles. The van der Waals surface area contributed by atoms with Gasteiger partial charge in [-0.1, -0.05) is 13.8 Å². The molecule has 0 radical (unpaired) electrons. The molecule has 1 fully saturated rings. The van der Waals surface area contributed by atoms with Crippen molar-refractivity contribution in [2.24, 2.45) is 23.3 Å². The second kappa shape index (κ2) is 6.21. The largest absolute Gasteiger partial charge is 0.378 e. The summed E-state index contributed by atoms with van der Waals surface area (Å²) in [6.07, 6.45) is 4.39. The predicted molar refractivity (Wildman–Crippen MR) is 63.7 cm³/mol. The number of nitrogens with two attached hydrogens (primary N) is 2. The quantitative estimate of drug-likeness (QED) is 0.737. The summed E-state index contributed by atoms with van der Waals surface area (Å²) in [5.74, 6) is 1.02. The van der Waals surface area contributed by atoms with E-state index in [9.17, 15) is 4.79 Å². The van der Waals surface area contributed by atoms with Gasteiger partial charge < -0.3 is 16.2 Å². The van der Waals surface area contributed by atoms with Crippen LogP contribution in [0.4, 0.5) is 0 Å². The highest BCUT2D eigenvalue weighted by molar-refractivity contribution is 5.79. The maximum Gasteiger partial charge on any atom is 0.234 e. The molecular formula is C12H24N2O2. The summed E-state index contributed by atoms with van der Waals surface area (Å²) in [6.45, 7) is 5.07. The zero-order valence-corrected chi connectivity index (χ0v) is 10.3. The summed E-state index contributed by atoms with van der Waals surface area (Å²) >= 11 is 0. The minimum Gasteiger partial charge on any atom is -0.378 e. The van der Waals surface area contributed by atoms with Crippen LogP contribution in [-0.4, -0.2) is 24.7 Å². The zero-order chi connectivity index (χ0) is 12.1. The monoisotopic (exact) mass is 228 g/mol. The first-order chi connectivity index (χ1) is 7.49. The number of carbonyl (C=O) groups is 1. The molecule has 16 heavy (non-hydrogen) atoms. The highest BCUT2D eigenvalue weighted by Gasteiger charge is 2.24. The SMILES string of the molecule is CC1CC(C)CC(OCCC(N)C(N)=O)C1. The fraction of sp³-hybridized carbons (Fsp3) is 0.917. The van der Waals surface area contributed by atoms with Gasteiger partial charge >= 0.3 is 0 Å². The summed E-state index contributed by atoms with van der Waals surface area (Å²) < 4.78 is 5.76. The molecule has 4 heteroatoms. The van der Waals surface area contributed by atoms with Crippen LogP contribution in [0.25, 0.3) is 0 Å². The van der Waals surface area contributed by atoms with Gasteiger partial charge in [-0.2, -0.15) is 0 Å². The summed E-state index contributed by atoms with van der Waals surface area (Å²) in [7, 11) is 0. The van der Waals surface area contributed by atoms with Crippen LogP contribution in [-0.2, 0) is 9.53 Å². The van der Waals surface area contributed by atoms with Gasteiger partial charge in [0.2, 0.25) is 5.91 Å². The molecule has 1 rings (SSSR count). The van der Waals surface area contributed by atoms with Gasteiger partial charge in [-0.25, -0.2) is 0 Å². The predicted octanol–water partition coefficient (Wildman–Crippen LogP) is 1.03. The molecular weight excluding hydrogens is 204 g/mol. The van der Waals surface area contributed by atoms with Crippen LogP contribution in [0.15, 0.2) is 0 Å². The molecule has 4 N–H and O–H groups in total. The van der Waals surface area contributed by atoms with Gasteiger partial charge in [-0.05, 0) is 37.5 Å². The molecule has 0 aromatic heterocycles. The Balaban J connectivity index is 2.19. The van der Waals surface area contributed by atoms with Crippen molar-refractivity contribution in [2.45, 2.75) is 51.7 Å². The maximum absolute atomic E-state index is 10.7. The van der Waals surface area contributed by atoms with Crippen LogP contribution in [0.1, 0.15) is 39.5 Å². The maximum atomic E-state index is 10.7. The second-order valence-electron chi connectivity index (χ2n) is 5.21. The summed E-state index contributed by atoms with van der Waals surface area (Å²) in [5, 5.41) is 0. The molecule has 4 nitrogen and oxygen atoms in total. The van der Waals surface area contributed by atoms with Crippen molar-refractivity contribution in [2.75, 3.05) is 6.61 Å². The molecule has 1 amide bonds. The number of amides is 1. The molecule has 0 aromatic carbocycles. The van der Waals surface area contributed by atoms with Gasteiger partial charge in [-0.15, -0.1) is 0 Å². The molecule has 1 aliphatic carbocycles. The number of hydrogen-bond acceptors (Lipinski definition) is 3. The topological polar surface area (TPSA) is 78.3 Å². The van der Waals surface area contributed by atoms with E-state index >= 15 is 0 Å². The third-order valence-electron chi connectivity index (χ3n) is 3.28. The first-order valence-electron chi connectivity index (χ1n) is 6.15. The van der Waals surface area contributed by atoms with E-state index in [-0.39, 0.29) is 0 Å². The molecule has 0 bridgehead atoms. The molecule has 0 spiro atoms. The molecule has 0 aromatic rings. The highest BCUT2D eigenvalue weighted by Crippen LogP contribution is 2.30. The summed E-state index contributed by atoms with van der Waals surface area (Å²) in [4.78, 5) is 10.7. The van der Waals surface area contributed by atoms with Crippen LogP contribution in [0.5, 0.6) is 0 Å². The minimum absolute atomic E-state index is 0.332. The lowest BCUT2D eigenvalue weighted by Crippen LogP contribution is -2.38. The molecule has 3 unspecified atom stereocenters. The Bertz CT molecular complexity index is 223. The average Bonchev–Trinajstić information content (AvgIpc) is 2.15. The Morgan fingerprint density at radius 1 is 1.31 bits per heavy atom. The molecule has 0 saturated heterocycles. The molecule has 1 aliphatic rings. The minimum atomic E-state index is -0.571. The Morgan fingerprint density at radius 2 is 1.88 bits per heavy atom. The molecule has 94 valence electrons.